The summed E-state index contributed by atoms with van der Waals surface area (Å²) in [6.45, 7) is 7.46. The van der Waals surface area contributed by atoms with Crippen LogP contribution in [0.2, 0.25) is 0 Å². The summed E-state index contributed by atoms with van der Waals surface area (Å²) in [4.78, 5) is 0. The smallest absolute Gasteiger partial charge is 0.0963 e. The molecular weight excluding hydrogens is 210 g/mol. The van der Waals surface area contributed by atoms with E-state index in [9.17, 15) is 0 Å². The van der Waals surface area contributed by atoms with Gasteiger partial charge >= 0.3 is 0 Å². The summed E-state index contributed by atoms with van der Waals surface area (Å²) < 4.78 is 6.15. The third kappa shape index (κ3) is 1.80. The molecule has 1 fully saturated rings. The van der Waals surface area contributed by atoms with E-state index in [0.29, 0.717) is 5.92 Å². The normalized spacial score (nSPS) is 22.1. The first-order valence-corrected chi connectivity index (χ1v) is 6.69. The van der Waals surface area contributed by atoms with Gasteiger partial charge in [-0.25, -0.2) is 0 Å². The van der Waals surface area contributed by atoms with Crippen LogP contribution in [0.25, 0.3) is 0 Å². The maximum absolute atomic E-state index is 6.15. The van der Waals surface area contributed by atoms with Crippen LogP contribution in [0.3, 0.4) is 0 Å². The van der Waals surface area contributed by atoms with Crippen molar-refractivity contribution >= 4 is 0 Å². The van der Waals surface area contributed by atoms with Crippen molar-refractivity contribution in [3.05, 3.63) is 34.9 Å². The van der Waals surface area contributed by atoms with Crippen LogP contribution in [-0.2, 0) is 16.9 Å². The Labute approximate surface area is 103 Å². The molecule has 92 valence electrons. The highest BCUT2D eigenvalue weighted by Crippen LogP contribution is 2.43. The average Bonchev–Trinajstić information content (AvgIpc) is 2.69. The summed E-state index contributed by atoms with van der Waals surface area (Å²) >= 11 is 0. The summed E-state index contributed by atoms with van der Waals surface area (Å²) in [5.41, 5.74) is 4.32. The van der Waals surface area contributed by atoms with E-state index in [1.54, 1.807) is 0 Å². The van der Waals surface area contributed by atoms with Crippen LogP contribution in [0.5, 0.6) is 0 Å². The second-order valence-electron chi connectivity index (χ2n) is 5.60. The molecule has 17 heavy (non-hydrogen) atoms. The fraction of sp³-hybridized carbons (Fsp3) is 0.600. The number of fused-ring (bicyclic) bond motifs is 2. The number of benzene rings is 1. The molecule has 0 amide bonds. The second kappa shape index (κ2) is 4.11. The molecule has 1 N–H and O–H groups in total. The van der Waals surface area contributed by atoms with Gasteiger partial charge in [0.1, 0.15) is 0 Å². The van der Waals surface area contributed by atoms with Gasteiger partial charge in [0.2, 0.25) is 0 Å². The zero-order valence-electron chi connectivity index (χ0n) is 10.8. The molecule has 0 atom stereocenters. The molecule has 0 aliphatic carbocycles. The molecule has 2 aliphatic rings. The minimum absolute atomic E-state index is 0.0193. The Morgan fingerprint density at radius 3 is 2.71 bits per heavy atom. The Bertz CT molecular complexity index is 413. The Balaban J connectivity index is 2.02. The molecule has 0 saturated carbocycles. The third-order valence-corrected chi connectivity index (χ3v) is 4.21. The van der Waals surface area contributed by atoms with Crippen LogP contribution in [0.15, 0.2) is 18.2 Å². The van der Waals surface area contributed by atoms with Crippen LogP contribution in [0, 0.1) is 0 Å². The SMILES string of the molecule is CC(C)c1ccc2c(c1)C1(CCNCC1)OC2. The first-order chi connectivity index (χ1) is 8.21. The van der Waals surface area contributed by atoms with E-state index in [4.69, 9.17) is 4.74 Å². The number of ether oxygens (including phenoxy) is 1. The van der Waals surface area contributed by atoms with E-state index in [-0.39, 0.29) is 5.60 Å². The Hall–Kier alpha value is -0.860. The molecule has 3 rings (SSSR count). The fourth-order valence-electron chi connectivity index (χ4n) is 3.04. The van der Waals surface area contributed by atoms with E-state index in [1.165, 1.54) is 16.7 Å². The van der Waals surface area contributed by atoms with Crippen molar-refractivity contribution in [3.8, 4) is 0 Å². The van der Waals surface area contributed by atoms with Crippen molar-refractivity contribution in [3.63, 3.8) is 0 Å². The molecule has 0 unspecified atom stereocenters. The highest BCUT2D eigenvalue weighted by Gasteiger charge is 2.40. The number of hydrogen-bond donors (Lipinski definition) is 1. The van der Waals surface area contributed by atoms with Crippen molar-refractivity contribution in [1.29, 1.82) is 0 Å². The number of piperidine rings is 1. The highest BCUT2D eigenvalue weighted by atomic mass is 16.5. The van der Waals surface area contributed by atoms with E-state index in [2.05, 4.69) is 37.4 Å². The number of hydrogen-bond acceptors (Lipinski definition) is 2. The lowest BCUT2D eigenvalue weighted by atomic mass is 9.83. The molecule has 1 aromatic carbocycles. The molecule has 2 heteroatoms. The Morgan fingerprint density at radius 1 is 1.24 bits per heavy atom. The summed E-state index contributed by atoms with van der Waals surface area (Å²) in [6, 6.07) is 6.91. The average molecular weight is 231 g/mol. The van der Waals surface area contributed by atoms with Crippen molar-refractivity contribution in [2.45, 2.75) is 44.8 Å². The molecule has 2 aliphatic heterocycles. The minimum atomic E-state index is 0.0193. The van der Waals surface area contributed by atoms with E-state index < -0.39 is 0 Å². The second-order valence-corrected chi connectivity index (χ2v) is 5.60. The molecular formula is C15H21NO. The van der Waals surface area contributed by atoms with Crippen molar-refractivity contribution < 1.29 is 4.74 Å². The van der Waals surface area contributed by atoms with Gasteiger partial charge < -0.3 is 10.1 Å². The fourth-order valence-corrected chi connectivity index (χ4v) is 3.04. The highest BCUT2D eigenvalue weighted by molar-refractivity contribution is 5.40. The maximum Gasteiger partial charge on any atom is 0.0963 e. The lowest BCUT2D eigenvalue weighted by molar-refractivity contribution is -0.0590. The van der Waals surface area contributed by atoms with Gasteiger partial charge in [-0.05, 0) is 48.5 Å². The number of nitrogens with one attached hydrogen (secondary N) is 1. The standard InChI is InChI=1S/C15H21NO/c1-11(2)12-3-4-13-10-17-15(14(13)9-12)5-7-16-8-6-15/h3-4,9,11,16H,5-8,10H2,1-2H3. The van der Waals surface area contributed by atoms with E-state index in [1.807, 2.05) is 0 Å². The molecule has 1 spiro atoms. The maximum atomic E-state index is 6.15. The predicted molar refractivity (Wildman–Crippen MR) is 69.1 cm³/mol. The van der Waals surface area contributed by atoms with Gasteiger partial charge in [-0.1, -0.05) is 32.0 Å². The van der Waals surface area contributed by atoms with Gasteiger partial charge in [0.15, 0.2) is 0 Å². The lowest BCUT2D eigenvalue weighted by Crippen LogP contribution is -2.39. The van der Waals surface area contributed by atoms with Gasteiger partial charge in [-0.2, -0.15) is 0 Å². The van der Waals surface area contributed by atoms with E-state index >= 15 is 0 Å². The van der Waals surface area contributed by atoms with Crippen LogP contribution in [0.4, 0.5) is 0 Å². The first-order valence-electron chi connectivity index (χ1n) is 6.69. The van der Waals surface area contributed by atoms with Gasteiger partial charge in [0, 0.05) is 0 Å². The van der Waals surface area contributed by atoms with Gasteiger partial charge in [0.25, 0.3) is 0 Å². The Kier molecular flexibility index (Phi) is 2.72. The van der Waals surface area contributed by atoms with Crippen LogP contribution in [-0.4, -0.2) is 13.1 Å². The van der Waals surface area contributed by atoms with Gasteiger partial charge in [-0.3, -0.25) is 0 Å². The third-order valence-electron chi connectivity index (χ3n) is 4.21. The zero-order chi connectivity index (χ0) is 11.9. The summed E-state index contributed by atoms with van der Waals surface area (Å²) in [5.74, 6) is 0.597. The molecule has 0 bridgehead atoms. The topological polar surface area (TPSA) is 21.3 Å². The van der Waals surface area contributed by atoms with Gasteiger partial charge in [0.05, 0.1) is 12.2 Å². The van der Waals surface area contributed by atoms with Gasteiger partial charge in [-0.15, -0.1) is 0 Å². The van der Waals surface area contributed by atoms with Crippen LogP contribution < -0.4 is 5.32 Å². The van der Waals surface area contributed by atoms with Crippen LogP contribution >= 0.6 is 0 Å². The molecule has 0 aromatic heterocycles. The first kappa shape index (κ1) is 11.2. The monoisotopic (exact) mass is 231 g/mol. The lowest BCUT2D eigenvalue weighted by Gasteiger charge is -2.34. The summed E-state index contributed by atoms with van der Waals surface area (Å²) in [6.07, 6.45) is 2.23. The van der Waals surface area contributed by atoms with E-state index in [0.717, 1.165) is 32.5 Å². The van der Waals surface area contributed by atoms with Crippen molar-refractivity contribution in [2.24, 2.45) is 0 Å². The number of rotatable bonds is 1. The predicted octanol–water partition coefficient (Wildman–Crippen LogP) is 2.92. The molecule has 1 saturated heterocycles. The van der Waals surface area contributed by atoms with Crippen molar-refractivity contribution in [2.75, 3.05) is 13.1 Å². The molecule has 0 radical (unpaired) electrons. The zero-order valence-corrected chi connectivity index (χ0v) is 10.8. The minimum Gasteiger partial charge on any atom is -0.365 e. The van der Waals surface area contributed by atoms with Crippen LogP contribution in [0.1, 0.15) is 49.3 Å². The summed E-state index contributed by atoms with van der Waals surface area (Å²) in [5, 5.41) is 3.42. The molecule has 2 nitrogen and oxygen atoms in total. The summed E-state index contributed by atoms with van der Waals surface area (Å²) in [7, 11) is 0. The van der Waals surface area contributed by atoms with Crippen molar-refractivity contribution in [1.82, 2.24) is 5.32 Å². The molecule has 1 aromatic rings. The largest absolute Gasteiger partial charge is 0.365 e. The Morgan fingerprint density at radius 2 is 2.00 bits per heavy atom. The molecule has 2 heterocycles. The quantitative estimate of drug-likeness (QED) is 0.802.